The Labute approximate surface area is 166 Å². The number of hydrogen-bond acceptors (Lipinski definition) is 3. The van der Waals surface area contributed by atoms with Gasteiger partial charge < -0.3 is 10.6 Å². The summed E-state index contributed by atoms with van der Waals surface area (Å²) in [5.74, 6) is 0.510. The molecule has 7 heteroatoms. The molecule has 0 saturated heterocycles. The van der Waals surface area contributed by atoms with Crippen molar-refractivity contribution in [2.45, 2.75) is 29.6 Å². The van der Waals surface area contributed by atoms with Gasteiger partial charge in [0, 0.05) is 31.8 Å². The fourth-order valence-corrected chi connectivity index (χ4v) is 3.85. The van der Waals surface area contributed by atoms with Crippen LogP contribution in [0.2, 0.25) is 0 Å². The maximum absolute atomic E-state index is 13.1. The quantitative estimate of drug-likeness (QED) is 0.551. The first-order valence-corrected chi connectivity index (χ1v) is 11.2. The van der Waals surface area contributed by atoms with Crippen LogP contribution in [-0.4, -0.2) is 40.8 Å². The van der Waals surface area contributed by atoms with Gasteiger partial charge in [0.25, 0.3) is 0 Å². The Morgan fingerprint density at radius 3 is 2.25 bits per heavy atom. The largest absolute Gasteiger partial charge is 0.356 e. The van der Waals surface area contributed by atoms with Crippen LogP contribution in [0.3, 0.4) is 0 Å². The van der Waals surface area contributed by atoms with E-state index in [0.29, 0.717) is 11.4 Å². The third kappa shape index (κ3) is 5.10. The summed E-state index contributed by atoms with van der Waals surface area (Å²) < 4.78 is 36.2. The molecule has 2 N–H and O–H groups in total. The zero-order chi connectivity index (χ0) is 20.2. The predicted molar refractivity (Wildman–Crippen MR) is 110 cm³/mol. The van der Waals surface area contributed by atoms with Crippen LogP contribution in [0.25, 0.3) is 0 Å². The first-order valence-electron chi connectivity index (χ1n) is 9.32. The van der Waals surface area contributed by atoms with Crippen LogP contribution in [0.15, 0.2) is 58.4 Å². The first kappa shape index (κ1) is 20.3. The van der Waals surface area contributed by atoms with Crippen LogP contribution >= 0.6 is 0 Å². The van der Waals surface area contributed by atoms with Gasteiger partial charge in [-0.25, -0.2) is 12.8 Å². The molecule has 1 aliphatic rings. The van der Waals surface area contributed by atoms with E-state index in [1.165, 1.54) is 18.4 Å². The van der Waals surface area contributed by atoms with E-state index < -0.39 is 9.84 Å². The molecule has 2 aromatic rings. The van der Waals surface area contributed by atoms with Crippen LogP contribution < -0.4 is 10.6 Å². The lowest BCUT2D eigenvalue weighted by Crippen LogP contribution is -2.41. The maximum Gasteiger partial charge on any atom is 0.191 e. The van der Waals surface area contributed by atoms with Gasteiger partial charge in [0.15, 0.2) is 15.8 Å². The van der Waals surface area contributed by atoms with E-state index in [1.807, 2.05) is 24.3 Å². The molecule has 0 aromatic heterocycles. The number of rotatable bonds is 7. The molecule has 0 bridgehead atoms. The van der Waals surface area contributed by atoms with Gasteiger partial charge in [-0.2, -0.15) is 0 Å². The van der Waals surface area contributed by atoms with E-state index in [4.69, 9.17) is 0 Å². The highest BCUT2D eigenvalue weighted by Gasteiger charge is 2.44. The summed E-state index contributed by atoms with van der Waals surface area (Å²) >= 11 is 0. The van der Waals surface area contributed by atoms with Crippen molar-refractivity contribution in [1.82, 2.24) is 10.6 Å². The number of halogens is 1. The lowest BCUT2D eigenvalue weighted by atomic mass is 9.96. The van der Waals surface area contributed by atoms with E-state index >= 15 is 0 Å². The molecule has 0 spiro atoms. The summed E-state index contributed by atoms with van der Waals surface area (Å²) in [6, 6.07) is 13.7. The standard InChI is InChI=1S/C21H26FN3O2S/c1-23-20(24-14-11-16-3-9-19(10-4-16)28(2,26)27)25-15-21(12-13-21)17-5-7-18(22)8-6-17/h3-10H,11-15H2,1-2H3,(H2,23,24,25). The molecule has 28 heavy (non-hydrogen) atoms. The van der Waals surface area contributed by atoms with Crippen LogP contribution in [0, 0.1) is 5.82 Å². The molecule has 0 heterocycles. The van der Waals surface area contributed by atoms with Gasteiger partial charge in [0.2, 0.25) is 0 Å². The summed E-state index contributed by atoms with van der Waals surface area (Å²) in [5, 5.41) is 6.65. The first-order chi connectivity index (χ1) is 13.3. The number of benzene rings is 2. The number of nitrogens with one attached hydrogen (secondary N) is 2. The highest BCUT2D eigenvalue weighted by molar-refractivity contribution is 7.90. The molecule has 0 aliphatic heterocycles. The van der Waals surface area contributed by atoms with Crippen molar-refractivity contribution in [3.63, 3.8) is 0 Å². The van der Waals surface area contributed by atoms with Gasteiger partial charge in [-0.05, 0) is 54.7 Å². The van der Waals surface area contributed by atoms with Crippen molar-refractivity contribution in [2.75, 3.05) is 26.4 Å². The van der Waals surface area contributed by atoms with E-state index in [9.17, 15) is 12.8 Å². The van der Waals surface area contributed by atoms with Gasteiger partial charge in [-0.3, -0.25) is 4.99 Å². The summed E-state index contributed by atoms with van der Waals surface area (Å²) in [4.78, 5) is 4.59. The highest BCUT2D eigenvalue weighted by atomic mass is 32.2. The third-order valence-electron chi connectivity index (χ3n) is 5.19. The molecule has 150 valence electrons. The number of sulfone groups is 1. The second-order valence-corrected chi connectivity index (χ2v) is 9.32. The predicted octanol–water partition coefficient (Wildman–Crippen LogP) is 2.67. The van der Waals surface area contributed by atoms with Gasteiger partial charge in [0.05, 0.1) is 4.90 Å². The molecule has 3 rings (SSSR count). The smallest absolute Gasteiger partial charge is 0.191 e. The zero-order valence-electron chi connectivity index (χ0n) is 16.2. The Hall–Kier alpha value is -2.41. The SMILES string of the molecule is CN=C(NCCc1ccc(S(C)(=O)=O)cc1)NCC1(c2ccc(F)cc2)CC1. The monoisotopic (exact) mass is 403 g/mol. The second-order valence-electron chi connectivity index (χ2n) is 7.31. The van der Waals surface area contributed by atoms with Crippen molar-refractivity contribution in [2.24, 2.45) is 4.99 Å². The van der Waals surface area contributed by atoms with Crippen LogP contribution in [0.4, 0.5) is 4.39 Å². The average molecular weight is 404 g/mol. The third-order valence-corrected chi connectivity index (χ3v) is 6.31. The molecule has 0 amide bonds. The number of guanidine groups is 1. The van der Waals surface area contributed by atoms with Gasteiger partial charge in [-0.15, -0.1) is 0 Å². The van der Waals surface area contributed by atoms with E-state index in [2.05, 4.69) is 15.6 Å². The molecule has 2 aromatic carbocycles. The minimum absolute atomic E-state index is 0.0623. The van der Waals surface area contributed by atoms with Crippen molar-refractivity contribution in [1.29, 1.82) is 0 Å². The number of nitrogens with zero attached hydrogens (tertiary/aromatic N) is 1. The van der Waals surface area contributed by atoms with Crippen LogP contribution in [0.5, 0.6) is 0 Å². The Bertz CT molecular complexity index is 935. The fourth-order valence-electron chi connectivity index (χ4n) is 3.22. The van der Waals surface area contributed by atoms with Crippen molar-refractivity contribution >= 4 is 15.8 Å². The van der Waals surface area contributed by atoms with Crippen LogP contribution in [0.1, 0.15) is 24.0 Å². The molecule has 0 unspecified atom stereocenters. The number of aliphatic imine (C=N–C) groups is 1. The molecule has 0 atom stereocenters. The van der Waals surface area contributed by atoms with Crippen molar-refractivity contribution in [3.05, 3.63) is 65.5 Å². The lowest BCUT2D eigenvalue weighted by molar-refractivity contribution is 0.602. The Morgan fingerprint density at radius 1 is 1.07 bits per heavy atom. The molecule has 1 fully saturated rings. The number of hydrogen-bond donors (Lipinski definition) is 2. The summed E-state index contributed by atoms with van der Waals surface area (Å²) in [6.07, 6.45) is 4.12. The maximum atomic E-state index is 13.1. The fraction of sp³-hybridized carbons (Fsp3) is 0.381. The van der Waals surface area contributed by atoms with E-state index in [1.54, 1.807) is 19.2 Å². The molecule has 1 aliphatic carbocycles. The Balaban J connectivity index is 1.48. The second kappa shape index (κ2) is 8.31. The van der Waals surface area contributed by atoms with E-state index in [-0.39, 0.29) is 11.2 Å². The molecule has 1 saturated carbocycles. The topological polar surface area (TPSA) is 70.6 Å². The van der Waals surface area contributed by atoms with Gasteiger partial charge >= 0.3 is 0 Å². The normalized spacial score (nSPS) is 15.9. The van der Waals surface area contributed by atoms with Gasteiger partial charge in [0.1, 0.15) is 5.82 Å². The van der Waals surface area contributed by atoms with Crippen molar-refractivity contribution in [3.8, 4) is 0 Å². The molecule has 0 radical (unpaired) electrons. The minimum atomic E-state index is -3.16. The zero-order valence-corrected chi connectivity index (χ0v) is 17.0. The summed E-state index contributed by atoms with van der Waals surface area (Å²) in [6.45, 7) is 1.43. The Morgan fingerprint density at radius 2 is 1.71 bits per heavy atom. The molecular formula is C21H26FN3O2S. The van der Waals surface area contributed by atoms with E-state index in [0.717, 1.165) is 42.9 Å². The summed E-state index contributed by atoms with van der Waals surface area (Å²) in [7, 11) is -1.43. The average Bonchev–Trinajstić information content (AvgIpc) is 3.46. The highest BCUT2D eigenvalue weighted by Crippen LogP contribution is 2.47. The molecule has 5 nitrogen and oxygen atoms in total. The van der Waals surface area contributed by atoms with Gasteiger partial charge in [-0.1, -0.05) is 24.3 Å². The lowest BCUT2D eigenvalue weighted by Gasteiger charge is -2.19. The summed E-state index contributed by atoms with van der Waals surface area (Å²) in [5.41, 5.74) is 2.27. The van der Waals surface area contributed by atoms with Crippen LogP contribution in [-0.2, 0) is 21.7 Å². The van der Waals surface area contributed by atoms with Crippen molar-refractivity contribution < 1.29 is 12.8 Å². The minimum Gasteiger partial charge on any atom is -0.356 e. The molecular weight excluding hydrogens is 377 g/mol. The Kier molecular flexibility index (Phi) is 6.03.